The Hall–Kier alpha value is -1.81. The van der Waals surface area contributed by atoms with Crippen molar-refractivity contribution >= 4 is 0 Å². The van der Waals surface area contributed by atoms with Crippen LogP contribution in [0.5, 0.6) is 0 Å². The number of nitrogens with one attached hydrogen (secondary N) is 1. The highest BCUT2D eigenvalue weighted by Gasteiger charge is 2.14. The largest absolute Gasteiger partial charge is 0.310 e. The van der Waals surface area contributed by atoms with E-state index in [0.717, 1.165) is 29.7 Å². The molecule has 0 aliphatic rings. The first-order chi connectivity index (χ1) is 10.1. The van der Waals surface area contributed by atoms with Gasteiger partial charge in [-0.25, -0.2) is 8.78 Å². The summed E-state index contributed by atoms with van der Waals surface area (Å²) in [4.78, 5) is 3.91. The number of rotatable bonds is 6. The van der Waals surface area contributed by atoms with E-state index in [9.17, 15) is 8.78 Å². The van der Waals surface area contributed by atoms with Crippen LogP contribution in [0.15, 0.2) is 36.7 Å². The quantitative estimate of drug-likeness (QED) is 0.871. The van der Waals surface area contributed by atoms with Crippen LogP contribution in [0.3, 0.4) is 0 Å². The van der Waals surface area contributed by atoms with E-state index >= 15 is 0 Å². The average molecular weight is 290 g/mol. The van der Waals surface area contributed by atoms with Gasteiger partial charge in [-0.05, 0) is 61.2 Å². The van der Waals surface area contributed by atoms with Crippen LogP contribution in [-0.2, 0) is 6.42 Å². The molecule has 4 heteroatoms. The van der Waals surface area contributed by atoms with Gasteiger partial charge in [-0.3, -0.25) is 4.98 Å². The van der Waals surface area contributed by atoms with E-state index in [1.807, 2.05) is 6.92 Å². The average Bonchev–Trinajstić information content (AvgIpc) is 2.47. The number of pyridine rings is 1. The van der Waals surface area contributed by atoms with Crippen LogP contribution in [0, 0.1) is 18.6 Å². The lowest BCUT2D eigenvalue weighted by molar-refractivity contribution is 0.519. The fourth-order valence-electron chi connectivity index (χ4n) is 2.33. The number of nitrogens with zero attached hydrogens (tertiary/aromatic N) is 1. The molecule has 2 aromatic rings. The molecule has 0 saturated heterocycles. The van der Waals surface area contributed by atoms with Gasteiger partial charge in [0.1, 0.15) is 11.6 Å². The van der Waals surface area contributed by atoms with E-state index < -0.39 is 0 Å². The Morgan fingerprint density at radius 3 is 2.67 bits per heavy atom. The number of halogens is 2. The molecule has 0 saturated carbocycles. The molecular weight excluding hydrogens is 270 g/mol. The molecule has 0 aliphatic heterocycles. The number of aryl methyl sites for hydroxylation is 1. The first kappa shape index (κ1) is 15.6. The summed E-state index contributed by atoms with van der Waals surface area (Å²) in [5.74, 6) is -0.603. The molecule has 21 heavy (non-hydrogen) atoms. The highest BCUT2D eigenvalue weighted by atomic mass is 19.1. The van der Waals surface area contributed by atoms with Gasteiger partial charge in [-0.2, -0.15) is 0 Å². The maximum Gasteiger partial charge on any atom is 0.141 e. The summed E-state index contributed by atoms with van der Waals surface area (Å²) >= 11 is 0. The predicted octanol–water partition coefficient (Wildman–Crippen LogP) is 3.95. The van der Waals surface area contributed by atoms with E-state index in [4.69, 9.17) is 0 Å². The highest BCUT2D eigenvalue weighted by Crippen LogP contribution is 2.21. The summed E-state index contributed by atoms with van der Waals surface area (Å²) in [5.41, 5.74) is 2.74. The van der Waals surface area contributed by atoms with E-state index in [-0.39, 0.29) is 17.7 Å². The van der Waals surface area contributed by atoms with E-state index in [1.54, 1.807) is 18.3 Å². The lowest BCUT2D eigenvalue weighted by Gasteiger charge is -2.20. The molecule has 2 rings (SSSR count). The molecule has 1 unspecified atom stereocenters. The molecule has 112 valence electrons. The fourth-order valence-corrected chi connectivity index (χ4v) is 2.33. The van der Waals surface area contributed by atoms with Crippen LogP contribution < -0.4 is 5.32 Å². The fraction of sp³-hybridized carbons (Fsp3) is 0.353. The summed E-state index contributed by atoms with van der Waals surface area (Å²) in [6.45, 7) is 4.84. The lowest BCUT2D eigenvalue weighted by atomic mass is 9.96. The number of aromatic nitrogens is 1. The van der Waals surface area contributed by atoms with Crippen LogP contribution >= 0.6 is 0 Å². The normalized spacial score (nSPS) is 12.4. The maximum atomic E-state index is 13.4. The third kappa shape index (κ3) is 4.33. The minimum atomic E-state index is -0.355. The van der Waals surface area contributed by atoms with Crippen molar-refractivity contribution in [3.05, 3.63) is 65.0 Å². The third-order valence-electron chi connectivity index (χ3n) is 3.50. The Kier molecular flexibility index (Phi) is 5.39. The molecule has 1 aromatic carbocycles. The zero-order valence-corrected chi connectivity index (χ0v) is 12.4. The van der Waals surface area contributed by atoms with E-state index in [0.29, 0.717) is 6.42 Å². The second kappa shape index (κ2) is 7.27. The molecule has 0 aliphatic carbocycles. The molecular formula is C17H20F2N2. The zero-order valence-electron chi connectivity index (χ0n) is 12.4. The van der Waals surface area contributed by atoms with Crippen molar-refractivity contribution in [1.82, 2.24) is 10.3 Å². The van der Waals surface area contributed by atoms with Gasteiger partial charge in [-0.15, -0.1) is 0 Å². The van der Waals surface area contributed by atoms with Gasteiger partial charge in [0, 0.05) is 12.2 Å². The predicted molar refractivity (Wildman–Crippen MR) is 80.1 cm³/mol. The molecule has 1 N–H and O–H groups in total. The Labute approximate surface area is 124 Å². The zero-order chi connectivity index (χ0) is 15.2. The molecule has 1 heterocycles. The van der Waals surface area contributed by atoms with Crippen LogP contribution in [0.25, 0.3) is 0 Å². The van der Waals surface area contributed by atoms with Crippen LogP contribution in [0.4, 0.5) is 8.78 Å². The monoisotopic (exact) mass is 290 g/mol. The maximum absolute atomic E-state index is 13.4. The Bertz CT molecular complexity index is 599. The van der Waals surface area contributed by atoms with Crippen LogP contribution in [0.2, 0.25) is 0 Å². The first-order valence-electron chi connectivity index (χ1n) is 7.19. The van der Waals surface area contributed by atoms with Crippen molar-refractivity contribution in [3.63, 3.8) is 0 Å². The smallest absolute Gasteiger partial charge is 0.141 e. The summed E-state index contributed by atoms with van der Waals surface area (Å²) in [6, 6.07) is 6.17. The second-order valence-corrected chi connectivity index (χ2v) is 5.22. The first-order valence-corrected chi connectivity index (χ1v) is 7.19. The third-order valence-corrected chi connectivity index (χ3v) is 3.50. The number of benzene rings is 1. The van der Waals surface area contributed by atoms with Gasteiger partial charge in [0.15, 0.2) is 0 Å². The second-order valence-electron chi connectivity index (χ2n) is 5.22. The van der Waals surface area contributed by atoms with Crippen LogP contribution in [-0.4, -0.2) is 11.5 Å². The Morgan fingerprint density at radius 1 is 1.14 bits per heavy atom. The van der Waals surface area contributed by atoms with E-state index in [2.05, 4.69) is 17.2 Å². The minimum Gasteiger partial charge on any atom is -0.310 e. The van der Waals surface area contributed by atoms with Gasteiger partial charge >= 0.3 is 0 Å². The Balaban J connectivity index is 2.25. The van der Waals surface area contributed by atoms with Gasteiger partial charge in [-0.1, -0.05) is 13.0 Å². The minimum absolute atomic E-state index is 0.0753. The molecule has 2 nitrogen and oxygen atoms in total. The van der Waals surface area contributed by atoms with Gasteiger partial charge < -0.3 is 5.32 Å². The number of hydrogen-bond donors (Lipinski definition) is 1. The van der Waals surface area contributed by atoms with Crippen molar-refractivity contribution in [2.45, 2.75) is 32.7 Å². The molecule has 0 bridgehead atoms. The molecule has 1 aromatic heterocycles. The summed E-state index contributed by atoms with van der Waals surface area (Å²) in [7, 11) is 0. The van der Waals surface area contributed by atoms with Crippen molar-refractivity contribution in [3.8, 4) is 0 Å². The topological polar surface area (TPSA) is 24.9 Å². The van der Waals surface area contributed by atoms with Crippen molar-refractivity contribution in [1.29, 1.82) is 0 Å². The molecule has 0 fully saturated rings. The summed E-state index contributed by atoms with van der Waals surface area (Å²) < 4.78 is 26.8. The highest BCUT2D eigenvalue weighted by molar-refractivity contribution is 5.29. The van der Waals surface area contributed by atoms with Crippen molar-refractivity contribution in [2.24, 2.45) is 0 Å². The Morgan fingerprint density at radius 2 is 1.95 bits per heavy atom. The van der Waals surface area contributed by atoms with Crippen LogP contribution in [0.1, 0.15) is 36.1 Å². The molecule has 1 atom stereocenters. The molecule has 0 spiro atoms. The molecule has 0 radical (unpaired) electrons. The van der Waals surface area contributed by atoms with E-state index in [1.165, 1.54) is 18.3 Å². The van der Waals surface area contributed by atoms with Gasteiger partial charge in [0.2, 0.25) is 0 Å². The lowest BCUT2D eigenvalue weighted by Crippen LogP contribution is -2.24. The number of hydrogen-bond acceptors (Lipinski definition) is 2. The standard InChI is InChI=1S/C17H20F2N2/c1-3-6-21-17(14-8-16(19)11-20-10-14)9-13-7-15(18)5-4-12(13)2/h4-5,7-8,10-11,17,21H,3,6,9H2,1-2H3. The summed E-state index contributed by atoms with van der Waals surface area (Å²) in [5, 5.41) is 3.38. The van der Waals surface area contributed by atoms with Crippen molar-refractivity contribution < 1.29 is 8.78 Å². The van der Waals surface area contributed by atoms with Crippen molar-refractivity contribution in [2.75, 3.05) is 6.54 Å². The summed E-state index contributed by atoms with van der Waals surface area (Å²) in [6.07, 6.45) is 4.43. The SMILES string of the molecule is CCCNC(Cc1cc(F)ccc1C)c1cncc(F)c1. The molecule has 0 amide bonds. The van der Waals surface area contributed by atoms with Gasteiger partial charge in [0.05, 0.1) is 6.20 Å². The van der Waals surface area contributed by atoms with Gasteiger partial charge in [0.25, 0.3) is 0 Å².